The Morgan fingerprint density at radius 1 is 1.06 bits per heavy atom. The van der Waals surface area contributed by atoms with Crippen LogP contribution in [0.15, 0.2) is 29.3 Å². The smallest absolute Gasteiger partial charge is 0.127 e. The summed E-state index contributed by atoms with van der Waals surface area (Å²) >= 11 is 0. The maximum absolute atomic E-state index is 5.31. The Kier molecular flexibility index (Phi) is 5.20. The van der Waals surface area contributed by atoms with Crippen molar-refractivity contribution in [3.63, 3.8) is 0 Å². The number of methoxy groups -OCH3 is 1. The van der Waals surface area contributed by atoms with Crippen molar-refractivity contribution in [2.24, 2.45) is 16.8 Å². The van der Waals surface area contributed by atoms with Gasteiger partial charge < -0.3 is 4.74 Å². The summed E-state index contributed by atoms with van der Waals surface area (Å²) in [5.41, 5.74) is 1.04. The van der Waals surface area contributed by atoms with Crippen LogP contribution in [0.1, 0.15) is 33.3 Å². The highest BCUT2D eigenvalue weighted by molar-refractivity contribution is 5.83. The second-order valence-corrected chi connectivity index (χ2v) is 5.00. The second-order valence-electron chi connectivity index (χ2n) is 5.00. The molecule has 17 heavy (non-hydrogen) atoms. The van der Waals surface area contributed by atoms with Crippen molar-refractivity contribution in [2.75, 3.05) is 7.11 Å². The fraction of sp³-hybridized carbons (Fsp3) is 0.533. The molecule has 0 unspecified atom stereocenters. The highest BCUT2D eigenvalue weighted by Gasteiger charge is 2.15. The topological polar surface area (TPSA) is 21.6 Å². The molecule has 0 atom stereocenters. The van der Waals surface area contributed by atoms with E-state index in [9.17, 15) is 0 Å². The molecule has 0 aliphatic carbocycles. The van der Waals surface area contributed by atoms with E-state index in [0.717, 1.165) is 11.3 Å². The average molecular weight is 233 g/mol. The number of benzene rings is 1. The van der Waals surface area contributed by atoms with Crippen molar-refractivity contribution in [2.45, 2.75) is 33.7 Å². The van der Waals surface area contributed by atoms with Crippen LogP contribution < -0.4 is 4.74 Å². The number of aliphatic imine (C=N–C) groups is 1. The van der Waals surface area contributed by atoms with Gasteiger partial charge in [-0.05, 0) is 24.0 Å². The van der Waals surface area contributed by atoms with Gasteiger partial charge in [0.1, 0.15) is 5.75 Å². The molecule has 0 fully saturated rings. The van der Waals surface area contributed by atoms with E-state index < -0.39 is 0 Å². The van der Waals surface area contributed by atoms with Gasteiger partial charge in [0, 0.05) is 11.8 Å². The summed E-state index contributed by atoms with van der Waals surface area (Å²) in [4.78, 5) is 4.70. The Hall–Kier alpha value is -1.31. The van der Waals surface area contributed by atoms with E-state index in [-0.39, 0.29) is 0 Å². The van der Waals surface area contributed by atoms with E-state index in [1.165, 1.54) is 0 Å². The molecule has 0 spiro atoms. The average Bonchev–Trinajstić information content (AvgIpc) is 2.29. The molecule has 94 valence electrons. The minimum Gasteiger partial charge on any atom is -0.496 e. The third-order valence-corrected chi connectivity index (χ3v) is 2.89. The van der Waals surface area contributed by atoms with Gasteiger partial charge in [-0.2, -0.15) is 0 Å². The SMILES string of the molecule is COc1ccccc1C=NC(C(C)C)C(C)C. The largest absolute Gasteiger partial charge is 0.496 e. The Morgan fingerprint density at radius 3 is 2.18 bits per heavy atom. The zero-order chi connectivity index (χ0) is 12.8. The first-order valence-electron chi connectivity index (χ1n) is 6.22. The third-order valence-electron chi connectivity index (χ3n) is 2.89. The predicted octanol–water partition coefficient (Wildman–Crippen LogP) is 3.79. The third kappa shape index (κ3) is 3.88. The van der Waals surface area contributed by atoms with Crippen molar-refractivity contribution in [1.82, 2.24) is 0 Å². The Balaban J connectivity index is 2.88. The maximum atomic E-state index is 5.31. The van der Waals surface area contributed by atoms with Crippen LogP contribution in [0.4, 0.5) is 0 Å². The monoisotopic (exact) mass is 233 g/mol. The summed E-state index contributed by atoms with van der Waals surface area (Å²) in [6.45, 7) is 8.85. The summed E-state index contributed by atoms with van der Waals surface area (Å²) < 4.78 is 5.31. The van der Waals surface area contributed by atoms with Crippen LogP contribution in [0, 0.1) is 11.8 Å². The number of hydrogen-bond donors (Lipinski definition) is 0. The second kappa shape index (κ2) is 6.43. The highest BCUT2D eigenvalue weighted by atomic mass is 16.5. The number of nitrogens with zero attached hydrogens (tertiary/aromatic N) is 1. The fourth-order valence-corrected chi connectivity index (χ4v) is 2.05. The van der Waals surface area contributed by atoms with Crippen molar-refractivity contribution in [3.8, 4) is 5.75 Å². The molecule has 1 rings (SSSR count). The normalized spacial score (nSPS) is 12.0. The molecular formula is C15H23NO. The number of ether oxygens (including phenoxy) is 1. The van der Waals surface area contributed by atoms with Gasteiger partial charge in [0.2, 0.25) is 0 Å². The number of hydrogen-bond acceptors (Lipinski definition) is 2. The molecule has 1 aromatic rings. The first kappa shape index (κ1) is 13.8. The molecule has 0 aliphatic rings. The molecule has 2 nitrogen and oxygen atoms in total. The van der Waals surface area contributed by atoms with Crippen LogP contribution in [0.25, 0.3) is 0 Å². The van der Waals surface area contributed by atoms with E-state index in [0.29, 0.717) is 17.9 Å². The number of rotatable bonds is 5. The lowest BCUT2D eigenvalue weighted by molar-refractivity contribution is 0.390. The van der Waals surface area contributed by atoms with Gasteiger partial charge in [-0.1, -0.05) is 39.8 Å². The van der Waals surface area contributed by atoms with Gasteiger partial charge in [0.15, 0.2) is 0 Å². The van der Waals surface area contributed by atoms with E-state index >= 15 is 0 Å². The predicted molar refractivity (Wildman–Crippen MR) is 74.1 cm³/mol. The minimum absolute atomic E-state index is 0.361. The molecular weight excluding hydrogens is 210 g/mol. The fourth-order valence-electron chi connectivity index (χ4n) is 2.05. The Labute approximate surface area is 105 Å². The van der Waals surface area contributed by atoms with Crippen molar-refractivity contribution >= 4 is 6.21 Å². The Bertz CT molecular complexity index is 361. The van der Waals surface area contributed by atoms with Crippen LogP contribution >= 0.6 is 0 Å². The van der Waals surface area contributed by atoms with E-state index in [1.807, 2.05) is 30.5 Å². The molecule has 2 heteroatoms. The lowest BCUT2D eigenvalue weighted by atomic mass is 9.94. The molecule has 0 amide bonds. The van der Waals surface area contributed by atoms with Gasteiger partial charge in [-0.3, -0.25) is 4.99 Å². The molecule has 0 radical (unpaired) electrons. The summed E-state index contributed by atoms with van der Waals surface area (Å²) in [5.74, 6) is 1.99. The van der Waals surface area contributed by atoms with E-state index in [2.05, 4.69) is 27.7 Å². The van der Waals surface area contributed by atoms with Crippen LogP contribution in [0.3, 0.4) is 0 Å². The lowest BCUT2D eigenvalue weighted by Gasteiger charge is -2.20. The van der Waals surface area contributed by atoms with Crippen LogP contribution in [-0.2, 0) is 0 Å². The quantitative estimate of drug-likeness (QED) is 0.709. The van der Waals surface area contributed by atoms with Crippen LogP contribution in [0.2, 0.25) is 0 Å². The first-order valence-corrected chi connectivity index (χ1v) is 6.22. The van der Waals surface area contributed by atoms with Crippen LogP contribution in [-0.4, -0.2) is 19.4 Å². The summed E-state index contributed by atoms with van der Waals surface area (Å²) in [6, 6.07) is 8.32. The zero-order valence-corrected chi connectivity index (χ0v) is 11.5. The molecule has 1 aromatic carbocycles. The van der Waals surface area contributed by atoms with Gasteiger partial charge in [-0.15, -0.1) is 0 Å². The summed E-state index contributed by atoms with van der Waals surface area (Å²) in [7, 11) is 1.69. The molecule has 0 aliphatic heterocycles. The Morgan fingerprint density at radius 2 is 1.65 bits per heavy atom. The lowest BCUT2D eigenvalue weighted by Crippen LogP contribution is -2.20. The van der Waals surface area contributed by atoms with Crippen molar-refractivity contribution < 1.29 is 4.74 Å². The van der Waals surface area contributed by atoms with Gasteiger partial charge in [-0.25, -0.2) is 0 Å². The highest BCUT2D eigenvalue weighted by Crippen LogP contribution is 2.18. The van der Waals surface area contributed by atoms with Crippen molar-refractivity contribution in [1.29, 1.82) is 0 Å². The molecule has 0 saturated carbocycles. The molecule has 0 saturated heterocycles. The van der Waals surface area contributed by atoms with Gasteiger partial charge in [0.05, 0.1) is 13.2 Å². The zero-order valence-electron chi connectivity index (χ0n) is 11.5. The first-order chi connectivity index (χ1) is 8.06. The molecule has 0 heterocycles. The summed E-state index contributed by atoms with van der Waals surface area (Å²) in [6.07, 6.45) is 1.93. The standard InChI is InChI=1S/C15H23NO/c1-11(2)15(12(3)4)16-10-13-8-6-7-9-14(13)17-5/h6-12,15H,1-5H3. The molecule has 0 N–H and O–H groups in total. The van der Waals surface area contributed by atoms with E-state index in [1.54, 1.807) is 7.11 Å². The summed E-state index contributed by atoms with van der Waals surface area (Å²) in [5, 5.41) is 0. The van der Waals surface area contributed by atoms with Crippen LogP contribution in [0.5, 0.6) is 5.75 Å². The van der Waals surface area contributed by atoms with E-state index in [4.69, 9.17) is 9.73 Å². The minimum atomic E-state index is 0.361. The molecule has 0 aromatic heterocycles. The maximum Gasteiger partial charge on any atom is 0.127 e. The number of para-hydroxylation sites is 1. The van der Waals surface area contributed by atoms with Crippen molar-refractivity contribution in [3.05, 3.63) is 29.8 Å². The van der Waals surface area contributed by atoms with Gasteiger partial charge in [0.25, 0.3) is 0 Å². The van der Waals surface area contributed by atoms with Gasteiger partial charge >= 0.3 is 0 Å². The molecule has 0 bridgehead atoms.